The Bertz CT molecular complexity index is 935. The summed E-state index contributed by atoms with van der Waals surface area (Å²) in [4.78, 5) is 20.6. The topological polar surface area (TPSA) is 39.3 Å². The number of nitrogens with one attached hydrogen (secondary N) is 1. The molecule has 1 fully saturated rings. The molecule has 1 aromatic heterocycles. The average Bonchev–Trinajstić information content (AvgIpc) is 2.97. The number of hydrogen-bond acceptors (Lipinski definition) is 2. The Morgan fingerprint density at radius 1 is 1.00 bits per heavy atom. The van der Waals surface area contributed by atoms with Gasteiger partial charge in [0.05, 0.1) is 0 Å². The monoisotopic (exact) mass is 347 g/mol. The van der Waals surface area contributed by atoms with Crippen LogP contribution in [0.3, 0.4) is 0 Å². The summed E-state index contributed by atoms with van der Waals surface area (Å²) in [6.45, 7) is 8.50. The second kappa shape index (κ2) is 6.96. The van der Waals surface area contributed by atoms with Crippen LogP contribution < -0.4 is 0 Å². The molecule has 1 amide bonds. The van der Waals surface area contributed by atoms with Gasteiger partial charge in [0.25, 0.3) is 5.91 Å². The van der Waals surface area contributed by atoms with Crippen LogP contribution in [-0.4, -0.2) is 46.9 Å². The number of para-hydroxylation sites is 1. The zero-order chi connectivity index (χ0) is 18.1. The minimum atomic E-state index is 0.150. The van der Waals surface area contributed by atoms with E-state index < -0.39 is 0 Å². The molecule has 4 nitrogen and oxygen atoms in total. The van der Waals surface area contributed by atoms with Crippen molar-refractivity contribution in [3.8, 4) is 0 Å². The van der Waals surface area contributed by atoms with Crippen LogP contribution in [0.15, 0.2) is 48.5 Å². The van der Waals surface area contributed by atoms with Crippen molar-refractivity contribution < 1.29 is 4.79 Å². The van der Waals surface area contributed by atoms with Crippen molar-refractivity contribution >= 4 is 16.8 Å². The van der Waals surface area contributed by atoms with Gasteiger partial charge in [-0.3, -0.25) is 9.69 Å². The van der Waals surface area contributed by atoms with Crippen molar-refractivity contribution in [3.05, 3.63) is 70.9 Å². The molecule has 0 spiro atoms. The summed E-state index contributed by atoms with van der Waals surface area (Å²) in [5, 5.41) is 1.31. The van der Waals surface area contributed by atoms with E-state index in [1.165, 1.54) is 22.2 Å². The molecule has 3 aromatic rings. The highest BCUT2D eigenvalue weighted by Crippen LogP contribution is 2.24. The van der Waals surface area contributed by atoms with Crippen LogP contribution in [0.5, 0.6) is 0 Å². The number of hydrogen-bond donors (Lipinski definition) is 1. The van der Waals surface area contributed by atoms with E-state index in [2.05, 4.69) is 41.1 Å². The molecule has 0 unspecified atom stereocenters. The normalized spacial score (nSPS) is 15.5. The molecule has 0 atom stereocenters. The predicted molar refractivity (Wildman–Crippen MR) is 105 cm³/mol. The van der Waals surface area contributed by atoms with Gasteiger partial charge in [0.2, 0.25) is 0 Å². The first-order valence-corrected chi connectivity index (χ1v) is 9.26. The fourth-order valence-electron chi connectivity index (χ4n) is 3.83. The Morgan fingerprint density at radius 2 is 1.77 bits per heavy atom. The van der Waals surface area contributed by atoms with Crippen LogP contribution in [0.2, 0.25) is 0 Å². The number of aromatic amines is 1. The smallest absolute Gasteiger partial charge is 0.253 e. The number of fused-ring (bicyclic) bond motifs is 1. The fourth-order valence-corrected chi connectivity index (χ4v) is 3.83. The molecule has 1 saturated heterocycles. The van der Waals surface area contributed by atoms with Crippen molar-refractivity contribution in [2.45, 2.75) is 20.4 Å². The summed E-state index contributed by atoms with van der Waals surface area (Å²) in [6, 6.07) is 16.4. The van der Waals surface area contributed by atoms with Gasteiger partial charge in [0, 0.05) is 54.9 Å². The largest absolute Gasteiger partial charge is 0.358 e. The molecule has 0 radical (unpaired) electrons. The third-order valence-corrected chi connectivity index (χ3v) is 5.33. The molecular weight excluding hydrogens is 322 g/mol. The molecule has 134 valence electrons. The predicted octanol–water partition coefficient (Wildman–Crippen LogP) is 3.74. The number of carbonyl (C=O) groups excluding carboxylic acids is 1. The lowest BCUT2D eigenvalue weighted by Crippen LogP contribution is -2.48. The Hall–Kier alpha value is -2.59. The van der Waals surface area contributed by atoms with E-state index in [1.54, 1.807) is 0 Å². The van der Waals surface area contributed by atoms with Crippen molar-refractivity contribution in [1.82, 2.24) is 14.8 Å². The molecule has 4 heteroatoms. The molecule has 1 aliphatic heterocycles. The first-order chi connectivity index (χ1) is 12.6. The highest BCUT2D eigenvalue weighted by Gasteiger charge is 2.23. The molecule has 0 aliphatic carbocycles. The summed E-state index contributed by atoms with van der Waals surface area (Å²) < 4.78 is 0. The molecule has 1 N–H and O–H groups in total. The fraction of sp³-hybridized carbons (Fsp3) is 0.318. The number of benzene rings is 2. The Kier molecular flexibility index (Phi) is 4.51. The van der Waals surface area contributed by atoms with Gasteiger partial charge in [-0.2, -0.15) is 0 Å². The number of nitrogens with zero attached hydrogens (tertiary/aromatic N) is 2. The third-order valence-electron chi connectivity index (χ3n) is 5.33. The van der Waals surface area contributed by atoms with E-state index in [1.807, 2.05) is 36.1 Å². The maximum Gasteiger partial charge on any atom is 0.253 e. The van der Waals surface area contributed by atoms with Gasteiger partial charge in [-0.05, 0) is 37.6 Å². The number of piperazine rings is 1. The van der Waals surface area contributed by atoms with Crippen LogP contribution >= 0.6 is 0 Å². The number of aromatic nitrogens is 1. The van der Waals surface area contributed by atoms with Crippen LogP contribution in [0.1, 0.15) is 27.2 Å². The first-order valence-electron chi connectivity index (χ1n) is 9.26. The zero-order valence-corrected chi connectivity index (χ0v) is 15.5. The van der Waals surface area contributed by atoms with E-state index in [-0.39, 0.29) is 5.91 Å². The molecule has 0 bridgehead atoms. The van der Waals surface area contributed by atoms with Gasteiger partial charge in [-0.15, -0.1) is 0 Å². The number of carbonyl (C=O) groups is 1. The van der Waals surface area contributed by atoms with Crippen LogP contribution in [0.4, 0.5) is 0 Å². The van der Waals surface area contributed by atoms with Gasteiger partial charge >= 0.3 is 0 Å². The molecule has 1 aliphatic rings. The van der Waals surface area contributed by atoms with Gasteiger partial charge < -0.3 is 9.88 Å². The van der Waals surface area contributed by atoms with Crippen molar-refractivity contribution in [3.63, 3.8) is 0 Å². The van der Waals surface area contributed by atoms with E-state index in [0.29, 0.717) is 0 Å². The van der Waals surface area contributed by atoms with Crippen molar-refractivity contribution in [1.29, 1.82) is 0 Å². The molecule has 0 saturated carbocycles. The number of aryl methyl sites for hydroxylation is 2. The number of amides is 1. The Morgan fingerprint density at radius 3 is 2.54 bits per heavy atom. The molecular formula is C22H25N3O. The number of rotatable bonds is 3. The van der Waals surface area contributed by atoms with Crippen molar-refractivity contribution in [2.24, 2.45) is 0 Å². The lowest BCUT2D eigenvalue weighted by molar-refractivity contribution is 0.0628. The van der Waals surface area contributed by atoms with Crippen LogP contribution in [0.25, 0.3) is 10.9 Å². The quantitative estimate of drug-likeness (QED) is 0.784. The van der Waals surface area contributed by atoms with Gasteiger partial charge in [-0.1, -0.05) is 35.9 Å². The number of H-pyrrole nitrogens is 1. The Balaban J connectivity index is 1.42. The van der Waals surface area contributed by atoms with Gasteiger partial charge in [0.1, 0.15) is 0 Å². The SMILES string of the molecule is Cc1cccc(C(=O)N2CCN(Cc3c(C)[nH]c4ccccc34)CC2)c1. The minimum absolute atomic E-state index is 0.150. The van der Waals surface area contributed by atoms with Gasteiger partial charge in [0.15, 0.2) is 0 Å². The third kappa shape index (κ3) is 3.25. The van der Waals surface area contributed by atoms with Crippen LogP contribution in [-0.2, 0) is 6.54 Å². The van der Waals surface area contributed by atoms with Crippen molar-refractivity contribution in [2.75, 3.05) is 26.2 Å². The summed E-state index contributed by atoms with van der Waals surface area (Å²) in [7, 11) is 0. The highest BCUT2D eigenvalue weighted by atomic mass is 16.2. The molecule has 2 heterocycles. The minimum Gasteiger partial charge on any atom is -0.358 e. The second-order valence-corrected chi connectivity index (χ2v) is 7.21. The Labute approximate surface area is 154 Å². The van der Waals surface area contributed by atoms with E-state index in [4.69, 9.17) is 0 Å². The maximum absolute atomic E-state index is 12.7. The van der Waals surface area contributed by atoms with Crippen LogP contribution in [0, 0.1) is 13.8 Å². The summed E-state index contributed by atoms with van der Waals surface area (Å²) in [5.41, 5.74) is 5.74. The second-order valence-electron chi connectivity index (χ2n) is 7.21. The molecule has 2 aromatic carbocycles. The van der Waals surface area contributed by atoms with Gasteiger partial charge in [-0.25, -0.2) is 0 Å². The lowest BCUT2D eigenvalue weighted by Gasteiger charge is -2.35. The van der Waals surface area contributed by atoms with E-state index in [0.717, 1.165) is 43.9 Å². The maximum atomic E-state index is 12.7. The lowest BCUT2D eigenvalue weighted by atomic mass is 10.1. The molecule has 4 rings (SSSR count). The molecule has 26 heavy (non-hydrogen) atoms. The highest BCUT2D eigenvalue weighted by molar-refractivity contribution is 5.94. The zero-order valence-electron chi connectivity index (χ0n) is 15.5. The van der Waals surface area contributed by atoms with E-state index in [9.17, 15) is 4.79 Å². The summed E-state index contributed by atoms with van der Waals surface area (Å²) in [6.07, 6.45) is 0. The average molecular weight is 347 g/mol. The first kappa shape index (κ1) is 16.9. The summed E-state index contributed by atoms with van der Waals surface area (Å²) >= 11 is 0. The standard InChI is InChI=1S/C22H25N3O/c1-16-6-5-7-18(14-16)22(26)25-12-10-24(11-13-25)15-20-17(2)23-21-9-4-3-8-19(20)21/h3-9,14,23H,10-13,15H2,1-2H3. The van der Waals surface area contributed by atoms with E-state index >= 15 is 0 Å². The summed E-state index contributed by atoms with van der Waals surface area (Å²) in [5.74, 6) is 0.150.